The monoisotopic (exact) mass is 299 g/mol. The van der Waals surface area contributed by atoms with Gasteiger partial charge in [-0.15, -0.1) is 0 Å². The number of nitrogens with one attached hydrogen (secondary N) is 1. The van der Waals surface area contributed by atoms with Gasteiger partial charge in [0.2, 0.25) is 0 Å². The van der Waals surface area contributed by atoms with Crippen molar-refractivity contribution in [2.75, 3.05) is 10.5 Å². The molecule has 5 nitrogen and oxygen atoms in total. The van der Waals surface area contributed by atoms with Crippen molar-refractivity contribution in [1.29, 1.82) is 0 Å². The lowest BCUT2D eigenvalue weighted by molar-refractivity contribution is 0.598. The minimum Gasteiger partial charge on any atom is -0.396 e. The summed E-state index contributed by atoms with van der Waals surface area (Å²) in [6.45, 7) is 0. The van der Waals surface area contributed by atoms with Crippen molar-refractivity contribution in [3.8, 4) is 0 Å². The number of anilines is 2. The molecule has 21 heavy (non-hydrogen) atoms. The highest BCUT2D eigenvalue weighted by molar-refractivity contribution is 7.92. The second kappa shape index (κ2) is 5.06. The Kier molecular flexibility index (Phi) is 3.23. The molecule has 0 fully saturated rings. The van der Waals surface area contributed by atoms with E-state index in [1.165, 1.54) is 12.3 Å². The fraction of sp³-hybridized carbons (Fsp3) is 0. The molecule has 2 aromatic carbocycles. The van der Waals surface area contributed by atoms with Crippen LogP contribution in [0.2, 0.25) is 0 Å². The highest BCUT2D eigenvalue weighted by Gasteiger charge is 2.19. The van der Waals surface area contributed by atoms with Gasteiger partial charge in [0.1, 0.15) is 0 Å². The van der Waals surface area contributed by atoms with E-state index in [-0.39, 0.29) is 10.7 Å². The molecule has 1 aromatic heterocycles. The predicted molar refractivity (Wildman–Crippen MR) is 83.4 cm³/mol. The van der Waals surface area contributed by atoms with Crippen LogP contribution in [-0.2, 0) is 10.0 Å². The first-order chi connectivity index (χ1) is 10.1. The predicted octanol–water partition coefficient (Wildman–Crippen LogP) is 2.62. The quantitative estimate of drug-likeness (QED) is 0.778. The molecule has 0 aliphatic carbocycles. The van der Waals surface area contributed by atoms with E-state index in [0.717, 1.165) is 10.8 Å². The molecule has 0 aliphatic rings. The van der Waals surface area contributed by atoms with Crippen molar-refractivity contribution in [3.63, 3.8) is 0 Å². The summed E-state index contributed by atoms with van der Waals surface area (Å²) < 4.78 is 27.4. The first kappa shape index (κ1) is 13.4. The Hall–Kier alpha value is -2.60. The minimum atomic E-state index is -3.82. The van der Waals surface area contributed by atoms with Crippen LogP contribution in [0.15, 0.2) is 65.8 Å². The van der Waals surface area contributed by atoms with Crippen LogP contribution < -0.4 is 10.5 Å². The van der Waals surface area contributed by atoms with Crippen molar-refractivity contribution in [3.05, 3.63) is 60.8 Å². The van der Waals surface area contributed by atoms with E-state index in [0.29, 0.717) is 5.69 Å². The van der Waals surface area contributed by atoms with Crippen molar-refractivity contribution in [1.82, 2.24) is 4.98 Å². The number of hydrogen-bond donors (Lipinski definition) is 2. The van der Waals surface area contributed by atoms with Crippen LogP contribution in [0.4, 0.5) is 11.4 Å². The smallest absolute Gasteiger partial charge is 0.281 e. The Labute approximate surface area is 122 Å². The van der Waals surface area contributed by atoms with Gasteiger partial charge in [0.15, 0.2) is 5.03 Å². The topological polar surface area (TPSA) is 85.1 Å². The zero-order valence-electron chi connectivity index (χ0n) is 11.0. The van der Waals surface area contributed by atoms with Gasteiger partial charge in [-0.3, -0.25) is 4.72 Å². The van der Waals surface area contributed by atoms with Crippen molar-refractivity contribution in [2.45, 2.75) is 5.03 Å². The molecule has 0 spiro atoms. The van der Waals surface area contributed by atoms with Gasteiger partial charge >= 0.3 is 0 Å². The summed E-state index contributed by atoms with van der Waals surface area (Å²) in [5, 5.41) is 1.60. The number of pyridine rings is 1. The molecular formula is C15H13N3O2S. The average molecular weight is 299 g/mol. The molecule has 0 saturated heterocycles. The lowest BCUT2D eigenvalue weighted by Gasteiger charge is -2.11. The first-order valence-corrected chi connectivity index (χ1v) is 7.77. The number of nitrogen functional groups attached to an aromatic ring is 1. The fourth-order valence-electron chi connectivity index (χ4n) is 2.14. The second-order valence-corrected chi connectivity index (χ2v) is 6.13. The van der Waals surface area contributed by atoms with E-state index < -0.39 is 10.0 Å². The summed E-state index contributed by atoms with van der Waals surface area (Å²) in [5.41, 5.74) is 6.31. The van der Waals surface area contributed by atoms with Crippen LogP contribution >= 0.6 is 0 Å². The molecule has 0 aliphatic heterocycles. The fourth-order valence-corrected chi connectivity index (χ4v) is 3.28. The van der Waals surface area contributed by atoms with Crippen molar-refractivity contribution in [2.24, 2.45) is 0 Å². The van der Waals surface area contributed by atoms with E-state index in [1.807, 2.05) is 30.3 Å². The van der Waals surface area contributed by atoms with E-state index in [9.17, 15) is 8.42 Å². The molecule has 3 rings (SSSR count). The molecule has 106 valence electrons. The van der Waals surface area contributed by atoms with Gasteiger partial charge < -0.3 is 5.73 Å². The summed E-state index contributed by atoms with van der Waals surface area (Å²) in [7, 11) is -3.82. The third-order valence-electron chi connectivity index (χ3n) is 3.09. The van der Waals surface area contributed by atoms with E-state index in [1.54, 1.807) is 18.2 Å². The normalized spacial score (nSPS) is 11.4. The lowest BCUT2D eigenvalue weighted by atomic mass is 10.1. The van der Waals surface area contributed by atoms with Gasteiger partial charge in [-0.1, -0.05) is 36.4 Å². The SMILES string of the molecule is Nc1cccnc1S(=O)(=O)Nc1cccc2ccccc12. The van der Waals surface area contributed by atoms with Crippen LogP contribution in [0.25, 0.3) is 10.8 Å². The third kappa shape index (κ3) is 2.53. The molecule has 0 unspecified atom stereocenters. The van der Waals surface area contributed by atoms with Gasteiger partial charge in [0.25, 0.3) is 10.0 Å². The Balaban J connectivity index is 2.08. The Morgan fingerprint density at radius 2 is 1.71 bits per heavy atom. The van der Waals surface area contributed by atoms with E-state index >= 15 is 0 Å². The van der Waals surface area contributed by atoms with Crippen molar-refractivity contribution < 1.29 is 8.42 Å². The van der Waals surface area contributed by atoms with Crippen LogP contribution in [0.5, 0.6) is 0 Å². The minimum absolute atomic E-state index is 0.116. The molecule has 0 atom stereocenters. The number of sulfonamides is 1. The van der Waals surface area contributed by atoms with Gasteiger partial charge in [-0.05, 0) is 23.6 Å². The number of nitrogens with zero attached hydrogens (tertiary/aromatic N) is 1. The maximum Gasteiger partial charge on any atom is 0.281 e. The molecule has 0 bridgehead atoms. The lowest BCUT2D eigenvalue weighted by Crippen LogP contribution is -2.16. The van der Waals surface area contributed by atoms with Gasteiger partial charge in [-0.2, -0.15) is 8.42 Å². The van der Waals surface area contributed by atoms with Gasteiger partial charge in [-0.25, -0.2) is 4.98 Å². The van der Waals surface area contributed by atoms with Crippen molar-refractivity contribution >= 4 is 32.2 Å². The molecule has 1 heterocycles. The second-order valence-electron chi connectivity index (χ2n) is 4.53. The maximum absolute atomic E-state index is 12.4. The van der Waals surface area contributed by atoms with Gasteiger partial charge in [0, 0.05) is 11.6 Å². The van der Waals surface area contributed by atoms with Crippen LogP contribution in [0.3, 0.4) is 0 Å². The van der Waals surface area contributed by atoms with Crippen LogP contribution in [0.1, 0.15) is 0 Å². The highest BCUT2D eigenvalue weighted by atomic mass is 32.2. The summed E-state index contributed by atoms with van der Waals surface area (Å²) >= 11 is 0. The number of aromatic nitrogens is 1. The molecular weight excluding hydrogens is 286 g/mol. The molecule has 0 amide bonds. The Morgan fingerprint density at radius 1 is 0.952 bits per heavy atom. The largest absolute Gasteiger partial charge is 0.396 e. The molecule has 6 heteroatoms. The molecule has 0 saturated carbocycles. The van der Waals surface area contributed by atoms with Gasteiger partial charge in [0.05, 0.1) is 11.4 Å². The number of rotatable bonds is 3. The summed E-state index contributed by atoms with van der Waals surface area (Å²) in [4.78, 5) is 3.85. The highest BCUT2D eigenvalue weighted by Crippen LogP contribution is 2.26. The molecule has 3 aromatic rings. The average Bonchev–Trinajstić information content (AvgIpc) is 2.47. The van der Waals surface area contributed by atoms with E-state index in [4.69, 9.17) is 5.73 Å². The van der Waals surface area contributed by atoms with Crippen LogP contribution in [-0.4, -0.2) is 13.4 Å². The standard InChI is InChI=1S/C15H13N3O2S/c16-13-8-4-10-17-15(13)21(19,20)18-14-9-3-6-11-5-1-2-7-12(11)14/h1-10,18H,16H2. The first-order valence-electron chi connectivity index (χ1n) is 6.29. The number of nitrogens with two attached hydrogens (primary N) is 1. The zero-order chi connectivity index (χ0) is 14.9. The molecule has 0 radical (unpaired) electrons. The van der Waals surface area contributed by atoms with E-state index in [2.05, 4.69) is 9.71 Å². The summed E-state index contributed by atoms with van der Waals surface area (Å²) in [6, 6.07) is 16.0. The number of hydrogen-bond acceptors (Lipinski definition) is 4. The zero-order valence-corrected chi connectivity index (χ0v) is 11.8. The maximum atomic E-state index is 12.4. The Bertz CT molecular complexity index is 902. The third-order valence-corrected chi connectivity index (χ3v) is 4.43. The van der Waals surface area contributed by atoms with Crippen LogP contribution in [0, 0.1) is 0 Å². The molecule has 3 N–H and O–H groups in total. The Morgan fingerprint density at radius 3 is 2.52 bits per heavy atom. The number of fused-ring (bicyclic) bond motifs is 1. The summed E-state index contributed by atoms with van der Waals surface area (Å²) in [5.74, 6) is 0. The summed E-state index contributed by atoms with van der Waals surface area (Å²) in [6.07, 6.45) is 1.40. The number of benzene rings is 2.